The first-order valence-electron chi connectivity index (χ1n) is 7.12. The summed E-state index contributed by atoms with van der Waals surface area (Å²) in [5.41, 5.74) is 7.76. The van der Waals surface area contributed by atoms with E-state index >= 15 is 0 Å². The number of aromatic nitrogens is 1. The van der Waals surface area contributed by atoms with Gasteiger partial charge in [-0.1, -0.05) is 49.6 Å². The first kappa shape index (κ1) is 13.2. The van der Waals surface area contributed by atoms with Gasteiger partial charge >= 0.3 is 5.95 Å². The van der Waals surface area contributed by atoms with Crippen molar-refractivity contribution in [1.82, 2.24) is 4.98 Å². The average Bonchev–Trinajstić information content (AvgIpc) is 2.94. The second-order valence-corrected chi connectivity index (χ2v) is 5.44. The third-order valence-corrected chi connectivity index (χ3v) is 4.00. The van der Waals surface area contributed by atoms with Crippen LogP contribution in [0.15, 0.2) is 34.7 Å². The van der Waals surface area contributed by atoms with E-state index in [0.717, 1.165) is 36.9 Å². The average molecular weight is 272 g/mol. The molecule has 0 atom stereocenters. The normalized spacial score (nSPS) is 17.9. The van der Waals surface area contributed by atoms with Crippen LogP contribution in [0, 0.1) is 0 Å². The monoisotopic (exact) mass is 272 g/mol. The van der Waals surface area contributed by atoms with Crippen molar-refractivity contribution in [2.45, 2.75) is 37.6 Å². The summed E-state index contributed by atoms with van der Waals surface area (Å²) in [7, 11) is 1.60. The molecule has 2 aromatic rings. The summed E-state index contributed by atoms with van der Waals surface area (Å²) in [6.07, 6.45) is 5.34. The van der Waals surface area contributed by atoms with E-state index in [9.17, 15) is 0 Å². The molecule has 0 unspecified atom stereocenters. The number of nitrogens with two attached hydrogens (primary N) is 1. The van der Waals surface area contributed by atoms with Gasteiger partial charge in [-0.05, 0) is 12.8 Å². The summed E-state index contributed by atoms with van der Waals surface area (Å²) in [6, 6.07) is 9.91. The van der Waals surface area contributed by atoms with Crippen molar-refractivity contribution >= 4 is 0 Å². The van der Waals surface area contributed by atoms with Crippen LogP contribution >= 0.6 is 0 Å². The second kappa shape index (κ2) is 5.29. The molecule has 1 aliphatic carbocycles. The Balaban J connectivity index is 2.00. The molecule has 0 amide bonds. The maximum absolute atomic E-state index is 6.48. The van der Waals surface area contributed by atoms with E-state index in [1.165, 1.54) is 6.42 Å². The molecule has 1 aromatic carbocycles. The molecule has 1 saturated carbocycles. The number of nitrogens with zero attached hydrogens (tertiary/aromatic N) is 1. The second-order valence-electron chi connectivity index (χ2n) is 5.44. The fourth-order valence-electron chi connectivity index (χ4n) is 2.83. The molecule has 1 heterocycles. The van der Waals surface area contributed by atoms with Gasteiger partial charge in [-0.3, -0.25) is 0 Å². The molecule has 3 rings (SSSR count). The number of benzene rings is 1. The zero-order chi connectivity index (χ0) is 14.0. The van der Waals surface area contributed by atoms with Crippen LogP contribution < -0.4 is 10.5 Å². The van der Waals surface area contributed by atoms with Crippen molar-refractivity contribution in [2.75, 3.05) is 7.11 Å². The van der Waals surface area contributed by atoms with Gasteiger partial charge in [-0.25, -0.2) is 4.98 Å². The Morgan fingerprint density at radius 3 is 2.50 bits per heavy atom. The molecular formula is C16H20N2O2. The molecule has 20 heavy (non-hydrogen) atoms. The summed E-state index contributed by atoms with van der Waals surface area (Å²) in [6.45, 7) is 0. The van der Waals surface area contributed by atoms with E-state index in [1.54, 1.807) is 7.11 Å². The van der Waals surface area contributed by atoms with Crippen LogP contribution in [0.4, 0.5) is 0 Å². The zero-order valence-corrected chi connectivity index (χ0v) is 11.8. The van der Waals surface area contributed by atoms with Gasteiger partial charge in [0.25, 0.3) is 0 Å². The highest BCUT2D eigenvalue weighted by Crippen LogP contribution is 2.39. The molecule has 1 fully saturated rings. The lowest BCUT2D eigenvalue weighted by Gasteiger charge is -2.29. The van der Waals surface area contributed by atoms with Crippen molar-refractivity contribution in [3.63, 3.8) is 0 Å². The lowest BCUT2D eigenvalue weighted by atomic mass is 9.82. The van der Waals surface area contributed by atoms with Crippen LogP contribution in [0.5, 0.6) is 5.95 Å². The minimum atomic E-state index is -0.446. The van der Waals surface area contributed by atoms with Crippen LogP contribution in [0.1, 0.15) is 38.0 Å². The summed E-state index contributed by atoms with van der Waals surface area (Å²) >= 11 is 0. The van der Waals surface area contributed by atoms with Crippen LogP contribution in [0.2, 0.25) is 0 Å². The zero-order valence-electron chi connectivity index (χ0n) is 11.8. The summed E-state index contributed by atoms with van der Waals surface area (Å²) < 4.78 is 11.1. The van der Waals surface area contributed by atoms with Crippen molar-refractivity contribution < 1.29 is 9.15 Å². The number of ether oxygens (including phenoxy) is 1. The van der Waals surface area contributed by atoms with Gasteiger partial charge in [0, 0.05) is 5.56 Å². The van der Waals surface area contributed by atoms with Gasteiger partial charge in [-0.15, -0.1) is 0 Å². The molecule has 4 heteroatoms. The standard InChI is InChI=1S/C16H20N2O2/c1-19-14-13(12-8-4-2-5-9-12)18-15(20-14)16(17)10-6-3-7-11-16/h2,4-5,8-9H,3,6-7,10-11,17H2,1H3. The molecule has 0 aliphatic heterocycles. The minimum absolute atomic E-state index is 0.446. The van der Waals surface area contributed by atoms with E-state index in [0.29, 0.717) is 11.8 Å². The first-order valence-corrected chi connectivity index (χ1v) is 7.12. The van der Waals surface area contributed by atoms with Crippen molar-refractivity contribution in [1.29, 1.82) is 0 Å². The predicted molar refractivity (Wildman–Crippen MR) is 77.4 cm³/mol. The number of rotatable bonds is 3. The largest absolute Gasteiger partial charge is 0.467 e. The Morgan fingerprint density at radius 1 is 1.15 bits per heavy atom. The predicted octanol–water partition coefficient (Wildman–Crippen LogP) is 3.47. The van der Waals surface area contributed by atoms with Crippen LogP contribution in [0.3, 0.4) is 0 Å². The van der Waals surface area contributed by atoms with Gasteiger partial charge in [0.15, 0.2) is 5.69 Å². The third kappa shape index (κ3) is 2.31. The van der Waals surface area contributed by atoms with Crippen molar-refractivity contribution in [3.05, 3.63) is 36.2 Å². The maximum atomic E-state index is 6.48. The molecule has 1 aromatic heterocycles. The number of methoxy groups -OCH3 is 1. The van der Waals surface area contributed by atoms with Crippen LogP contribution in [0.25, 0.3) is 11.3 Å². The van der Waals surface area contributed by atoms with E-state index in [4.69, 9.17) is 14.9 Å². The third-order valence-electron chi connectivity index (χ3n) is 4.00. The Bertz CT molecular complexity index is 571. The first-order chi connectivity index (χ1) is 9.73. The summed E-state index contributed by atoms with van der Waals surface area (Å²) in [5, 5.41) is 0. The molecule has 0 spiro atoms. The maximum Gasteiger partial charge on any atom is 0.313 e. The lowest BCUT2D eigenvalue weighted by molar-refractivity contribution is 0.215. The molecule has 0 radical (unpaired) electrons. The highest BCUT2D eigenvalue weighted by molar-refractivity contribution is 5.63. The SMILES string of the molecule is COc1oc(C2(N)CCCCC2)nc1-c1ccccc1. The van der Waals surface area contributed by atoms with E-state index in [1.807, 2.05) is 30.3 Å². The van der Waals surface area contributed by atoms with Gasteiger partial charge in [0.2, 0.25) is 5.89 Å². The van der Waals surface area contributed by atoms with Gasteiger partial charge in [-0.2, -0.15) is 0 Å². The van der Waals surface area contributed by atoms with Gasteiger partial charge in [0.05, 0.1) is 12.6 Å². The van der Waals surface area contributed by atoms with Crippen molar-refractivity contribution in [2.24, 2.45) is 5.73 Å². The van der Waals surface area contributed by atoms with E-state index in [2.05, 4.69) is 4.98 Å². The number of hydrogen-bond acceptors (Lipinski definition) is 4. The Morgan fingerprint density at radius 2 is 1.85 bits per heavy atom. The summed E-state index contributed by atoms with van der Waals surface area (Å²) in [5.74, 6) is 1.05. The molecule has 0 bridgehead atoms. The van der Waals surface area contributed by atoms with Crippen molar-refractivity contribution in [3.8, 4) is 17.2 Å². The molecule has 4 nitrogen and oxygen atoms in total. The Hall–Kier alpha value is -1.81. The van der Waals surface area contributed by atoms with E-state index in [-0.39, 0.29) is 0 Å². The van der Waals surface area contributed by atoms with Crippen LogP contribution in [-0.4, -0.2) is 12.1 Å². The fourth-order valence-corrected chi connectivity index (χ4v) is 2.83. The summed E-state index contributed by atoms with van der Waals surface area (Å²) in [4.78, 5) is 4.63. The Kier molecular flexibility index (Phi) is 3.49. The molecule has 0 saturated heterocycles. The number of hydrogen-bond donors (Lipinski definition) is 1. The molecule has 1 aliphatic rings. The smallest absolute Gasteiger partial charge is 0.313 e. The highest BCUT2D eigenvalue weighted by Gasteiger charge is 2.35. The Labute approximate surface area is 119 Å². The molecule has 2 N–H and O–H groups in total. The lowest BCUT2D eigenvalue weighted by Crippen LogP contribution is -2.38. The fraction of sp³-hybridized carbons (Fsp3) is 0.438. The number of oxazole rings is 1. The van der Waals surface area contributed by atoms with Gasteiger partial charge in [0.1, 0.15) is 0 Å². The highest BCUT2D eigenvalue weighted by atomic mass is 16.6. The molecule has 106 valence electrons. The topological polar surface area (TPSA) is 61.3 Å². The van der Waals surface area contributed by atoms with Crippen LogP contribution in [-0.2, 0) is 5.54 Å². The minimum Gasteiger partial charge on any atom is -0.467 e. The quantitative estimate of drug-likeness (QED) is 0.929. The van der Waals surface area contributed by atoms with E-state index < -0.39 is 5.54 Å². The molecular weight excluding hydrogens is 252 g/mol. The van der Waals surface area contributed by atoms with Gasteiger partial charge < -0.3 is 14.9 Å².